The third-order valence-electron chi connectivity index (χ3n) is 3.02. The van der Waals surface area contributed by atoms with E-state index in [1.54, 1.807) is 6.20 Å². The molecule has 2 N–H and O–H groups in total. The van der Waals surface area contributed by atoms with E-state index in [9.17, 15) is 4.79 Å². The Morgan fingerprint density at radius 2 is 2.25 bits per heavy atom. The summed E-state index contributed by atoms with van der Waals surface area (Å²) >= 11 is 0. The van der Waals surface area contributed by atoms with Crippen LogP contribution in [0.4, 0.5) is 0 Å². The lowest BCUT2D eigenvalue weighted by atomic mass is 10.2. The summed E-state index contributed by atoms with van der Waals surface area (Å²) < 4.78 is 5.70. The lowest BCUT2D eigenvalue weighted by Gasteiger charge is -2.14. The van der Waals surface area contributed by atoms with Crippen LogP contribution in [0, 0.1) is 0 Å². The maximum absolute atomic E-state index is 11.0. The van der Waals surface area contributed by atoms with Crippen molar-refractivity contribution in [1.82, 2.24) is 10.3 Å². The number of fused-ring (bicyclic) bond motifs is 1. The average molecular weight is 274 g/mol. The topological polar surface area (TPSA) is 71.5 Å². The summed E-state index contributed by atoms with van der Waals surface area (Å²) in [6.45, 7) is 2.85. The van der Waals surface area contributed by atoms with Gasteiger partial charge >= 0.3 is 5.97 Å². The van der Waals surface area contributed by atoms with Crippen molar-refractivity contribution >= 4 is 16.9 Å². The molecular formula is C15H18N2O3. The normalized spacial score (nSPS) is 12.2. The van der Waals surface area contributed by atoms with Crippen LogP contribution in [0.15, 0.2) is 36.5 Å². The predicted molar refractivity (Wildman–Crippen MR) is 77.0 cm³/mol. The van der Waals surface area contributed by atoms with Gasteiger partial charge in [-0.25, -0.2) is 0 Å². The molecule has 5 nitrogen and oxygen atoms in total. The minimum atomic E-state index is -0.852. The van der Waals surface area contributed by atoms with Gasteiger partial charge in [-0.1, -0.05) is 13.0 Å². The second-order valence-corrected chi connectivity index (χ2v) is 4.41. The van der Waals surface area contributed by atoms with E-state index < -0.39 is 12.0 Å². The summed E-state index contributed by atoms with van der Waals surface area (Å²) in [5, 5.41) is 12.9. The van der Waals surface area contributed by atoms with Crippen LogP contribution in [0.25, 0.3) is 10.9 Å². The first-order chi connectivity index (χ1) is 9.72. The van der Waals surface area contributed by atoms with Crippen molar-refractivity contribution in [3.05, 3.63) is 36.5 Å². The number of nitrogens with zero attached hydrogens (tertiary/aromatic N) is 1. The van der Waals surface area contributed by atoms with Crippen molar-refractivity contribution in [3.63, 3.8) is 0 Å². The number of pyridine rings is 1. The fourth-order valence-corrected chi connectivity index (χ4v) is 2.05. The number of likely N-dealkylation sites (N-methyl/N-ethyl adjacent to an activating group) is 1. The molecule has 0 aliphatic carbocycles. The van der Waals surface area contributed by atoms with Gasteiger partial charge in [-0.15, -0.1) is 0 Å². The standard InChI is InChI=1S/C15H18N2O3/c1-2-16-13(15(18)19)8-10-20-14-7-3-6-12-11(14)5-4-9-17-12/h3-7,9,13,16H,2,8,10H2,1H3,(H,18,19). The third-order valence-corrected chi connectivity index (χ3v) is 3.02. The Balaban J connectivity index is 2.01. The minimum Gasteiger partial charge on any atom is -0.493 e. The summed E-state index contributed by atoms with van der Waals surface area (Å²) in [4.78, 5) is 15.3. The van der Waals surface area contributed by atoms with Crippen molar-refractivity contribution in [2.45, 2.75) is 19.4 Å². The molecule has 5 heteroatoms. The van der Waals surface area contributed by atoms with Gasteiger partial charge in [0.1, 0.15) is 11.8 Å². The van der Waals surface area contributed by atoms with Crippen molar-refractivity contribution in [1.29, 1.82) is 0 Å². The smallest absolute Gasteiger partial charge is 0.320 e. The molecule has 1 aromatic heterocycles. The van der Waals surface area contributed by atoms with E-state index in [-0.39, 0.29) is 0 Å². The number of benzene rings is 1. The van der Waals surface area contributed by atoms with Gasteiger partial charge in [-0.2, -0.15) is 0 Å². The Bertz CT molecular complexity index is 581. The zero-order chi connectivity index (χ0) is 14.4. The summed E-state index contributed by atoms with van der Waals surface area (Å²) in [6.07, 6.45) is 2.15. The third kappa shape index (κ3) is 3.45. The fourth-order valence-electron chi connectivity index (χ4n) is 2.05. The molecule has 0 bridgehead atoms. The molecule has 106 valence electrons. The number of hydrogen-bond donors (Lipinski definition) is 2. The molecule has 20 heavy (non-hydrogen) atoms. The first-order valence-corrected chi connectivity index (χ1v) is 6.65. The molecule has 0 saturated heterocycles. The number of ether oxygens (including phenoxy) is 1. The molecule has 1 atom stereocenters. The maximum atomic E-state index is 11.0. The molecule has 2 aromatic rings. The number of aliphatic carboxylic acids is 1. The van der Waals surface area contributed by atoms with E-state index in [2.05, 4.69) is 10.3 Å². The Labute approximate surface area is 117 Å². The lowest BCUT2D eigenvalue weighted by Crippen LogP contribution is -2.37. The van der Waals surface area contributed by atoms with Crippen molar-refractivity contribution < 1.29 is 14.6 Å². The van der Waals surface area contributed by atoms with Crippen molar-refractivity contribution in [2.75, 3.05) is 13.2 Å². The Kier molecular flexibility index (Phi) is 4.90. The molecule has 0 fully saturated rings. The van der Waals surface area contributed by atoms with Gasteiger partial charge in [0, 0.05) is 18.0 Å². The minimum absolute atomic E-state index is 0.345. The summed E-state index contributed by atoms with van der Waals surface area (Å²) in [6, 6.07) is 8.88. The molecule has 0 radical (unpaired) electrons. The van der Waals surface area contributed by atoms with Crippen LogP contribution in [0.1, 0.15) is 13.3 Å². The van der Waals surface area contributed by atoms with E-state index in [1.165, 1.54) is 0 Å². The van der Waals surface area contributed by atoms with Crippen molar-refractivity contribution in [3.8, 4) is 5.75 Å². The molecule has 1 heterocycles. The number of rotatable bonds is 7. The zero-order valence-electron chi connectivity index (χ0n) is 11.4. The molecule has 1 aromatic carbocycles. The van der Waals surface area contributed by atoms with Crippen LogP contribution >= 0.6 is 0 Å². The maximum Gasteiger partial charge on any atom is 0.320 e. The predicted octanol–water partition coefficient (Wildman–Crippen LogP) is 2.07. The molecule has 0 spiro atoms. The molecule has 1 unspecified atom stereocenters. The average Bonchev–Trinajstić information content (AvgIpc) is 2.46. The van der Waals surface area contributed by atoms with E-state index >= 15 is 0 Å². The van der Waals surface area contributed by atoms with Crippen molar-refractivity contribution in [2.24, 2.45) is 0 Å². The number of nitrogens with one attached hydrogen (secondary N) is 1. The van der Waals surface area contributed by atoms with Gasteiger partial charge in [-0.05, 0) is 30.8 Å². The number of carboxylic acids is 1. The Morgan fingerprint density at radius 3 is 3.00 bits per heavy atom. The highest BCUT2D eigenvalue weighted by atomic mass is 16.5. The number of carboxylic acid groups (broad SMARTS) is 1. The number of hydrogen-bond acceptors (Lipinski definition) is 4. The Hall–Kier alpha value is -2.14. The van der Waals surface area contributed by atoms with Crippen LogP contribution in [0.5, 0.6) is 5.75 Å². The second-order valence-electron chi connectivity index (χ2n) is 4.41. The SMILES string of the molecule is CCNC(CCOc1cccc2ncccc12)C(=O)O. The van der Waals surface area contributed by atoms with Gasteiger partial charge in [0.2, 0.25) is 0 Å². The lowest BCUT2D eigenvalue weighted by molar-refractivity contribution is -0.139. The largest absolute Gasteiger partial charge is 0.493 e. The second kappa shape index (κ2) is 6.86. The molecule has 0 saturated carbocycles. The molecular weight excluding hydrogens is 256 g/mol. The quantitative estimate of drug-likeness (QED) is 0.808. The highest BCUT2D eigenvalue weighted by Gasteiger charge is 2.15. The first-order valence-electron chi connectivity index (χ1n) is 6.65. The van der Waals surface area contributed by atoms with Crippen LogP contribution in [-0.2, 0) is 4.79 Å². The number of aromatic nitrogens is 1. The number of carbonyl (C=O) groups is 1. The fraction of sp³-hybridized carbons (Fsp3) is 0.333. The van der Waals surface area contributed by atoms with Crippen LogP contribution in [-0.4, -0.2) is 35.3 Å². The monoisotopic (exact) mass is 274 g/mol. The highest BCUT2D eigenvalue weighted by Crippen LogP contribution is 2.23. The van der Waals surface area contributed by atoms with Gasteiger partial charge in [0.15, 0.2) is 0 Å². The summed E-state index contributed by atoms with van der Waals surface area (Å²) in [5.41, 5.74) is 0.867. The summed E-state index contributed by atoms with van der Waals surface area (Å²) in [7, 11) is 0. The molecule has 0 aliphatic heterocycles. The van der Waals surface area contributed by atoms with Crippen LogP contribution < -0.4 is 10.1 Å². The molecule has 0 amide bonds. The molecule has 2 rings (SSSR count). The van der Waals surface area contributed by atoms with Gasteiger partial charge < -0.3 is 15.2 Å². The van der Waals surface area contributed by atoms with E-state index in [0.717, 1.165) is 16.7 Å². The van der Waals surface area contributed by atoms with Gasteiger partial charge in [-0.3, -0.25) is 9.78 Å². The zero-order valence-corrected chi connectivity index (χ0v) is 11.4. The van der Waals surface area contributed by atoms with Gasteiger partial charge in [0.25, 0.3) is 0 Å². The van der Waals surface area contributed by atoms with Gasteiger partial charge in [0.05, 0.1) is 12.1 Å². The van der Waals surface area contributed by atoms with Crippen LogP contribution in [0.3, 0.4) is 0 Å². The first kappa shape index (κ1) is 14.3. The van der Waals surface area contributed by atoms with E-state index in [0.29, 0.717) is 19.6 Å². The van der Waals surface area contributed by atoms with E-state index in [1.807, 2.05) is 37.3 Å². The van der Waals surface area contributed by atoms with Crippen LogP contribution in [0.2, 0.25) is 0 Å². The Morgan fingerprint density at radius 1 is 1.40 bits per heavy atom. The molecule has 0 aliphatic rings. The summed E-state index contributed by atoms with van der Waals surface area (Å²) in [5.74, 6) is -0.119. The highest BCUT2D eigenvalue weighted by molar-refractivity contribution is 5.84. The van der Waals surface area contributed by atoms with E-state index in [4.69, 9.17) is 9.84 Å².